The fraction of sp³-hybridized carbons (Fsp3) is 0.238. The molecule has 0 aromatic heterocycles. The lowest BCUT2D eigenvalue weighted by atomic mass is 10.1. The SMILES string of the molecule is O=C1/C(=C/c2cccc(OCc3ccc(Cl)cc3)c2)N=C2SCCCCN12. The number of amidine groups is 1. The molecule has 0 saturated carbocycles. The van der Waals surface area contributed by atoms with Gasteiger partial charge in [-0.15, -0.1) is 0 Å². The van der Waals surface area contributed by atoms with Crippen LogP contribution < -0.4 is 4.74 Å². The summed E-state index contributed by atoms with van der Waals surface area (Å²) >= 11 is 7.57. The number of halogens is 1. The Morgan fingerprint density at radius 1 is 1.19 bits per heavy atom. The average Bonchev–Trinajstić information content (AvgIpc) is 2.85. The quantitative estimate of drug-likeness (QED) is 0.681. The van der Waals surface area contributed by atoms with E-state index in [2.05, 4.69) is 4.99 Å². The molecule has 0 N–H and O–H groups in total. The van der Waals surface area contributed by atoms with E-state index in [0.29, 0.717) is 17.3 Å². The predicted octanol–water partition coefficient (Wildman–Crippen LogP) is 4.99. The Balaban J connectivity index is 1.48. The van der Waals surface area contributed by atoms with Crippen LogP contribution in [0.25, 0.3) is 6.08 Å². The van der Waals surface area contributed by atoms with Crippen molar-refractivity contribution in [1.82, 2.24) is 4.90 Å². The van der Waals surface area contributed by atoms with Gasteiger partial charge < -0.3 is 4.74 Å². The minimum atomic E-state index is -0.00751. The van der Waals surface area contributed by atoms with Gasteiger partial charge in [0.2, 0.25) is 0 Å². The summed E-state index contributed by atoms with van der Waals surface area (Å²) in [7, 11) is 0. The summed E-state index contributed by atoms with van der Waals surface area (Å²) in [5.41, 5.74) is 2.44. The van der Waals surface area contributed by atoms with Crippen LogP contribution in [0.4, 0.5) is 0 Å². The molecule has 2 aromatic carbocycles. The monoisotopic (exact) mass is 398 g/mol. The molecule has 1 saturated heterocycles. The first-order chi connectivity index (χ1) is 13.2. The van der Waals surface area contributed by atoms with Gasteiger partial charge in [-0.05, 0) is 54.3 Å². The lowest BCUT2D eigenvalue weighted by Gasteiger charge is -2.13. The molecule has 2 aromatic rings. The molecule has 0 spiro atoms. The molecule has 4 rings (SSSR count). The largest absolute Gasteiger partial charge is 0.489 e. The first kappa shape index (κ1) is 18.1. The number of rotatable bonds is 4. The van der Waals surface area contributed by atoms with E-state index in [4.69, 9.17) is 16.3 Å². The van der Waals surface area contributed by atoms with Crippen LogP contribution in [0, 0.1) is 0 Å². The summed E-state index contributed by atoms with van der Waals surface area (Å²) < 4.78 is 5.87. The van der Waals surface area contributed by atoms with Crippen molar-refractivity contribution in [3.8, 4) is 5.75 Å². The molecule has 0 atom stereocenters. The van der Waals surface area contributed by atoms with Crippen molar-refractivity contribution >= 4 is 40.5 Å². The van der Waals surface area contributed by atoms with E-state index >= 15 is 0 Å². The standard InChI is InChI=1S/C21H19ClN2O2S/c22-17-8-6-15(7-9-17)14-26-18-5-3-4-16(12-18)13-19-20(25)24-10-1-2-11-27-21(24)23-19/h3-9,12-13H,1-2,10-11,14H2/b19-13-. The lowest BCUT2D eigenvalue weighted by molar-refractivity contribution is -0.122. The van der Waals surface area contributed by atoms with E-state index < -0.39 is 0 Å². The van der Waals surface area contributed by atoms with Gasteiger partial charge in [0.15, 0.2) is 5.17 Å². The number of thioether (sulfide) groups is 1. The molecular formula is C21H19ClN2O2S. The first-order valence-electron chi connectivity index (χ1n) is 8.91. The molecule has 0 aliphatic carbocycles. The smallest absolute Gasteiger partial charge is 0.278 e. The Morgan fingerprint density at radius 2 is 2.04 bits per heavy atom. The minimum absolute atomic E-state index is 0.00751. The fourth-order valence-electron chi connectivity index (χ4n) is 2.97. The summed E-state index contributed by atoms with van der Waals surface area (Å²) in [4.78, 5) is 18.9. The van der Waals surface area contributed by atoms with Gasteiger partial charge >= 0.3 is 0 Å². The highest BCUT2D eigenvalue weighted by Crippen LogP contribution is 2.28. The number of amides is 1. The Hall–Kier alpha value is -2.24. The van der Waals surface area contributed by atoms with Crippen molar-refractivity contribution in [2.75, 3.05) is 12.3 Å². The Kier molecular flexibility index (Phi) is 5.50. The van der Waals surface area contributed by atoms with Crippen LogP contribution in [0.2, 0.25) is 5.02 Å². The number of carbonyl (C=O) groups is 1. The van der Waals surface area contributed by atoms with Crippen LogP contribution in [0.1, 0.15) is 24.0 Å². The van der Waals surface area contributed by atoms with Gasteiger partial charge in [-0.1, -0.05) is 47.6 Å². The molecule has 0 bridgehead atoms. The van der Waals surface area contributed by atoms with E-state index in [0.717, 1.165) is 47.2 Å². The molecule has 138 valence electrons. The normalized spacial score (nSPS) is 18.3. The van der Waals surface area contributed by atoms with E-state index in [1.54, 1.807) is 16.7 Å². The topological polar surface area (TPSA) is 41.9 Å². The van der Waals surface area contributed by atoms with Crippen LogP contribution in [-0.4, -0.2) is 28.3 Å². The zero-order valence-electron chi connectivity index (χ0n) is 14.7. The van der Waals surface area contributed by atoms with E-state index in [1.807, 2.05) is 54.6 Å². The second-order valence-electron chi connectivity index (χ2n) is 6.42. The van der Waals surface area contributed by atoms with Gasteiger partial charge in [0.05, 0.1) is 0 Å². The first-order valence-corrected chi connectivity index (χ1v) is 10.3. The number of hydrogen-bond donors (Lipinski definition) is 0. The summed E-state index contributed by atoms with van der Waals surface area (Å²) in [6, 6.07) is 15.3. The molecule has 27 heavy (non-hydrogen) atoms. The predicted molar refractivity (Wildman–Crippen MR) is 111 cm³/mol. The van der Waals surface area contributed by atoms with Crippen molar-refractivity contribution in [3.63, 3.8) is 0 Å². The highest BCUT2D eigenvalue weighted by molar-refractivity contribution is 8.13. The summed E-state index contributed by atoms with van der Waals surface area (Å²) in [5.74, 6) is 1.76. The summed E-state index contributed by atoms with van der Waals surface area (Å²) in [6.07, 6.45) is 3.98. The Morgan fingerprint density at radius 3 is 2.89 bits per heavy atom. The Labute approximate surface area is 167 Å². The zero-order chi connectivity index (χ0) is 18.6. The van der Waals surface area contributed by atoms with Crippen LogP contribution in [-0.2, 0) is 11.4 Å². The number of ether oxygens (including phenoxy) is 1. The Bertz CT molecular complexity index is 909. The van der Waals surface area contributed by atoms with Crippen LogP contribution in [0.15, 0.2) is 59.2 Å². The molecule has 6 heteroatoms. The van der Waals surface area contributed by atoms with Gasteiger partial charge in [-0.2, -0.15) is 0 Å². The molecule has 4 nitrogen and oxygen atoms in total. The number of aliphatic imine (C=N–C) groups is 1. The van der Waals surface area contributed by atoms with Gasteiger partial charge in [0.1, 0.15) is 18.1 Å². The molecule has 1 fully saturated rings. The maximum atomic E-state index is 12.6. The number of benzene rings is 2. The van der Waals surface area contributed by atoms with Crippen molar-refractivity contribution in [3.05, 3.63) is 70.4 Å². The summed E-state index contributed by atoms with van der Waals surface area (Å²) in [5, 5.41) is 1.54. The number of nitrogens with zero attached hydrogens (tertiary/aromatic N) is 2. The van der Waals surface area contributed by atoms with E-state index in [-0.39, 0.29) is 5.91 Å². The molecule has 2 heterocycles. The summed E-state index contributed by atoms with van der Waals surface area (Å²) in [6.45, 7) is 1.22. The number of hydrogen-bond acceptors (Lipinski definition) is 4. The van der Waals surface area contributed by atoms with Crippen molar-refractivity contribution in [2.45, 2.75) is 19.4 Å². The number of carbonyl (C=O) groups excluding carboxylic acids is 1. The second kappa shape index (κ2) is 8.19. The molecule has 2 aliphatic rings. The second-order valence-corrected chi connectivity index (χ2v) is 7.92. The van der Waals surface area contributed by atoms with Gasteiger partial charge in [-0.3, -0.25) is 9.69 Å². The fourth-order valence-corrected chi connectivity index (χ4v) is 4.12. The van der Waals surface area contributed by atoms with Crippen LogP contribution >= 0.6 is 23.4 Å². The maximum Gasteiger partial charge on any atom is 0.278 e. The van der Waals surface area contributed by atoms with Crippen LogP contribution in [0.3, 0.4) is 0 Å². The average molecular weight is 399 g/mol. The molecule has 2 aliphatic heterocycles. The maximum absolute atomic E-state index is 12.6. The zero-order valence-corrected chi connectivity index (χ0v) is 16.3. The third kappa shape index (κ3) is 4.37. The minimum Gasteiger partial charge on any atom is -0.489 e. The van der Waals surface area contributed by atoms with Crippen molar-refractivity contribution in [2.24, 2.45) is 4.99 Å². The van der Waals surface area contributed by atoms with Crippen molar-refractivity contribution < 1.29 is 9.53 Å². The lowest BCUT2D eigenvalue weighted by Crippen LogP contribution is -2.30. The van der Waals surface area contributed by atoms with E-state index in [1.165, 1.54) is 0 Å². The molecular weight excluding hydrogens is 380 g/mol. The highest BCUT2D eigenvalue weighted by Gasteiger charge is 2.31. The van der Waals surface area contributed by atoms with Gasteiger partial charge in [0, 0.05) is 17.3 Å². The van der Waals surface area contributed by atoms with Crippen molar-refractivity contribution in [1.29, 1.82) is 0 Å². The molecule has 1 amide bonds. The number of fused-ring (bicyclic) bond motifs is 1. The van der Waals surface area contributed by atoms with Crippen LogP contribution in [0.5, 0.6) is 5.75 Å². The third-order valence-corrected chi connectivity index (χ3v) is 5.71. The van der Waals surface area contributed by atoms with E-state index in [9.17, 15) is 4.79 Å². The molecule has 0 radical (unpaired) electrons. The highest BCUT2D eigenvalue weighted by atomic mass is 35.5. The third-order valence-electron chi connectivity index (χ3n) is 4.40. The van der Waals surface area contributed by atoms with Gasteiger partial charge in [0.25, 0.3) is 5.91 Å². The van der Waals surface area contributed by atoms with Gasteiger partial charge in [-0.25, -0.2) is 4.99 Å². The molecule has 0 unspecified atom stereocenters.